The highest BCUT2D eigenvalue weighted by molar-refractivity contribution is 6.52. The lowest BCUT2D eigenvalue weighted by Gasteiger charge is -2.17. The summed E-state index contributed by atoms with van der Waals surface area (Å²) in [6.45, 7) is 2.84. The van der Waals surface area contributed by atoms with Crippen LogP contribution in [0, 0.1) is 11.6 Å². The van der Waals surface area contributed by atoms with E-state index < -0.39 is 23.3 Å². The third kappa shape index (κ3) is 2.70. The van der Waals surface area contributed by atoms with E-state index in [1.165, 1.54) is 0 Å². The van der Waals surface area contributed by atoms with Crippen molar-refractivity contribution in [3.8, 4) is 0 Å². The zero-order chi connectivity index (χ0) is 14.7. The van der Waals surface area contributed by atoms with Gasteiger partial charge in [-0.2, -0.15) is 0 Å². The fourth-order valence-corrected chi connectivity index (χ4v) is 2.07. The number of amides is 1. The van der Waals surface area contributed by atoms with Gasteiger partial charge in [0.25, 0.3) is 11.7 Å². The molecule has 4 nitrogen and oxygen atoms in total. The zero-order valence-electron chi connectivity index (χ0n) is 11.1. The first-order chi connectivity index (χ1) is 9.56. The summed E-state index contributed by atoms with van der Waals surface area (Å²) in [5.74, 6) is -3.51. The maximum absolute atomic E-state index is 13.8. The molecule has 1 aliphatic heterocycles. The molecule has 0 radical (unpaired) electrons. The van der Waals surface area contributed by atoms with Gasteiger partial charge in [0.2, 0.25) is 0 Å². The van der Waals surface area contributed by atoms with Crippen LogP contribution in [-0.2, 0) is 9.53 Å². The average Bonchev–Trinajstić information content (AvgIpc) is 2.64. The number of fused-ring (bicyclic) bond motifs is 1. The van der Waals surface area contributed by atoms with E-state index in [9.17, 15) is 18.4 Å². The smallest absolute Gasteiger partial charge is 0.299 e. The number of ether oxygens (including phenoxy) is 1. The van der Waals surface area contributed by atoms with E-state index in [2.05, 4.69) is 0 Å². The highest BCUT2D eigenvalue weighted by Gasteiger charge is 2.38. The number of anilines is 1. The number of halogens is 2. The van der Waals surface area contributed by atoms with Crippen LogP contribution in [0.3, 0.4) is 0 Å². The molecular formula is C14H15F2NO3. The Hall–Kier alpha value is -1.82. The minimum absolute atomic E-state index is 0.0733. The number of Topliss-reactive ketones (excluding diaryl/α,β-unsaturated/α-hetero) is 1. The predicted octanol–water partition coefficient (Wildman–Crippen LogP) is 2.31. The molecule has 0 aliphatic carbocycles. The van der Waals surface area contributed by atoms with E-state index >= 15 is 0 Å². The first kappa shape index (κ1) is 14.6. The minimum Gasteiger partial charge on any atom is -0.380 e. The first-order valence-corrected chi connectivity index (χ1v) is 6.49. The second kappa shape index (κ2) is 6.09. The van der Waals surface area contributed by atoms with E-state index in [0.29, 0.717) is 12.7 Å². The molecule has 0 saturated carbocycles. The maximum Gasteiger partial charge on any atom is 0.299 e. The number of hydrogen-bond acceptors (Lipinski definition) is 3. The summed E-state index contributed by atoms with van der Waals surface area (Å²) >= 11 is 0. The SMILES string of the molecule is CCCCOCCN1C(=O)C(=O)c2cc(F)cc(F)c21. The summed E-state index contributed by atoms with van der Waals surface area (Å²) in [6.07, 6.45) is 1.88. The molecule has 0 fully saturated rings. The van der Waals surface area contributed by atoms with Gasteiger partial charge in [0.05, 0.1) is 17.9 Å². The number of unbranched alkanes of at least 4 members (excludes halogenated alkanes) is 1. The van der Waals surface area contributed by atoms with Crippen molar-refractivity contribution in [1.29, 1.82) is 0 Å². The molecule has 108 valence electrons. The first-order valence-electron chi connectivity index (χ1n) is 6.49. The molecule has 1 amide bonds. The standard InChI is InChI=1S/C14H15F2NO3/c1-2-3-5-20-6-4-17-12-10(13(18)14(17)19)7-9(15)8-11(12)16/h7-8H,2-6H2,1H3. The van der Waals surface area contributed by atoms with Gasteiger partial charge in [0, 0.05) is 19.2 Å². The normalized spacial score (nSPS) is 14.1. The van der Waals surface area contributed by atoms with E-state index in [1.54, 1.807) is 0 Å². The Morgan fingerprint density at radius 3 is 2.65 bits per heavy atom. The van der Waals surface area contributed by atoms with Crippen LogP contribution in [-0.4, -0.2) is 31.4 Å². The van der Waals surface area contributed by atoms with Crippen molar-refractivity contribution in [2.75, 3.05) is 24.7 Å². The Labute approximate surface area is 115 Å². The zero-order valence-corrected chi connectivity index (χ0v) is 11.1. The quantitative estimate of drug-likeness (QED) is 0.594. The Balaban J connectivity index is 2.12. The van der Waals surface area contributed by atoms with Crippen LogP contribution in [0.2, 0.25) is 0 Å². The monoisotopic (exact) mass is 283 g/mol. The van der Waals surface area contributed by atoms with E-state index in [0.717, 1.165) is 23.8 Å². The summed E-state index contributed by atoms with van der Waals surface area (Å²) in [4.78, 5) is 24.5. The van der Waals surface area contributed by atoms with Gasteiger partial charge in [0.15, 0.2) is 5.82 Å². The van der Waals surface area contributed by atoms with Crippen LogP contribution in [0.15, 0.2) is 12.1 Å². The number of ketones is 1. The maximum atomic E-state index is 13.8. The molecule has 0 bridgehead atoms. The number of carbonyl (C=O) groups excluding carboxylic acids is 2. The summed E-state index contributed by atoms with van der Waals surface area (Å²) in [6, 6.07) is 1.55. The topological polar surface area (TPSA) is 46.6 Å². The van der Waals surface area contributed by atoms with Gasteiger partial charge in [0.1, 0.15) is 5.82 Å². The third-order valence-electron chi connectivity index (χ3n) is 3.08. The summed E-state index contributed by atoms with van der Waals surface area (Å²) in [5, 5.41) is 0. The molecule has 6 heteroatoms. The Morgan fingerprint density at radius 2 is 1.95 bits per heavy atom. The van der Waals surface area contributed by atoms with Crippen molar-refractivity contribution >= 4 is 17.4 Å². The van der Waals surface area contributed by atoms with E-state index in [4.69, 9.17) is 4.74 Å². The number of rotatable bonds is 6. The van der Waals surface area contributed by atoms with Crippen molar-refractivity contribution in [2.45, 2.75) is 19.8 Å². The molecule has 20 heavy (non-hydrogen) atoms. The van der Waals surface area contributed by atoms with Crippen LogP contribution >= 0.6 is 0 Å². The molecule has 0 unspecified atom stereocenters. The van der Waals surface area contributed by atoms with Gasteiger partial charge in [-0.15, -0.1) is 0 Å². The minimum atomic E-state index is -0.909. The van der Waals surface area contributed by atoms with Gasteiger partial charge in [-0.1, -0.05) is 13.3 Å². The van der Waals surface area contributed by atoms with Gasteiger partial charge >= 0.3 is 0 Å². The average molecular weight is 283 g/mol. The molecule has 0 N–H and O–H groups in total. The highest BCUT2D eigenvalue weighted by atomic mass is 19.1. The molecule has 0 spiro atoms. The molecule has 0 saturated heterocycles. The Kier molecular flexibility index (Phi) is 4.44. The fraction of sp³-hybridized carbons (Fsp3) is 0.429. The van der Waals surface area contributed by atoms with Crippen molar-refractivity contribution in [3.05, 3.63) is 29.3 Å². The van der Waals surface area contributed by atoms with Crippen LogP contribution in [0.5, 0.6) is 0 Å². The van der Waals surface area contributed by atoms with Gasteiger partial charge < -0.3 is 4.74 Å². The van der Waals surface area contributed by atoms with Crippen molar-refractivity contribution in [2.24, 2.45) is 0 Å². The van der Waals surface area contributed by atoms with Crippen molar-refractivity contribution < 1.29 is 23.1 Å². The summed E-state index contributed by atoms with van der Waals surface area (Å²) in [5.41, 5.74) is -0.374. The summed E-state index contributed by atoms with van der Waals surface area (Å²) in [7, 11) is 0. The molecule has 1 aromatic rings. The molecule has 0 atom stereocenters. The second-order valence-electron chi connectivity index (χ2n) is 4.54. The molecule has 1 aromatic carbocycles. The van der Waals surface area contributed by atoms with Gasteiger partial charge in [-0.25, -0.2) is 8.78 Å². The van der Waals surface area contributed by atoms with Crippen molar-refractivity contribution in [3.63, 3.8) is 0 Å². The lowest BCUT2D eigenvalue weighted by Crippen LogP contribution is -2.33. The highest BCUT2D eigenvalue weighted by Crippen LogP contribution is 2.32. The fourth-order valence-electron chi connectivity index (χ4n) is 2.07. The molecule has 0 aromatic heterocycles. The lowest BCUT2D eigenvalue weighted by atomic mass is 10.1. The molecule has 2 rings (SSSR count). The number of carbonyl (C=O) groups is 2. The molecule has 1 heterocycles. The van der Waals surface area contributed by atoms with E-state index in [-0.39, 0.29) is 24.4 Å². The summed E-state index contributed by atoms with van der Waals surface area (Å²) < 4.78 is 32.1. The van der Waals surface area contributed by atoms with Gasteiger partial charge in [-0.3, -0.25) is 14.5 Å². The van der Waals surface area contributed by atoms with E-state index in [1.807, 2.05) is 6.92 Å². The van der Waals surface area contributed by atoms with Crippen molar-refractivity contribution in [1.82, 2.24) is 0 Å². The van der Waals surface area contributed by atoms with Gasteiger partial charge in [-0.05, 0) is 12.5 Å². The largest absolute Gasteiger partial charge is 0.380 e. The number of nitrogens with zero attached hydrogens (tertiary/aromatic N) is 1. The second-order valence-corrected chi connectivity index (χ2v) is 4.54. The predicted molar refractivity (Wildman–Crippen MR) is 68.8 cm³/mol. The van der Waals surface area contributed by atoms with Crippen LogP contribution in [0.1, 0.15) is 30.1 Å². The third-order valence-corrected chi connectivity index (χ3v) is 3.08. The number of hydrogen-bond donors (Lipinski definition) is 0. The molecular weight excluding hydrogens is 268 g/mol. The van der Waals surface area contributed by atoms with Crippen LogP contribution in [0.4, 0.5) is 14.5 Å². The van der Waals surface area contributed by atoms with Crippen LogP contribution < -0.4 is 4.90 Å². The lowest BCUT2D eigenvalue weighted by molar-refractivity contribution is -0.114. The Bertz CT molecular complexity index is 545. The molecule has 1 aliphatic rings. The Morgan fingerprint density at radius 1 is 1.20 bits per heavy atom. The van der Waals surface area contributed by atoms with Crippen LogP contribution in [0.25, 0.3) is 0 Å². The number of benzene rings is 1.